The van der Waals surface area contributed by atoms with Gasteiger partial charge in [0, 0.05) is 12.2 Å². The minimum atomic E-state index is 0.814. The van der Waals surface area contributed by atoms with E-state index in [0.29, 0.717) is 0 Å². The molecule has 0 fully saturated rings. The lowest BCUT2D eigenvalue weighted by atomic mass is 10.1. The lowest BCUT2D eigenvalue weighted by Gasteiger charge is -2.10. The maximum absolute atomic E-state index is 5.72. The average molecular weight is 283 g/mol. The minimum Gasteiger partial charge on any atom is -0.494 e. The Bertz CT molecular complexity index is 534. The van der Waals surface area contributed by atoms with E-state index >= 15 is 0 Å². The van der Waals surface area contributed by atoms with Crippen LogP contribution in [-0.4, -0.2) is 6.61 Å². The third-order valence-electron chi connectivity index (χ3n) is 3.57. The molecule has 0 amide bonds. The Kier molecular flexibility index (Phi) is 6.14. The number of aryl methyl sites for hydroxylation is 1. The Balaban J connectivity index is 1.81. The quantitative estimate of drug-likeness (QED) is 0.674. The fourth-order valence-corrected chi connectivity index (χ4v) is 2.21. The summed E-state index contributed by atoms with van der Waals surface area (Å²) in [6.07, 6.45) is 3.60. The highest BCUT2D eigenvalue weighted by Crippen LogP contribution is 2.17. The van der Waals surface area contributed by atoms with E-state index in [-0.39, 0.29) is 0 Å². The molecule has 0 aliphatic heterocycles. The lowest BCUT2D eigenvalue weighted by Crippen LogP contribution is -2.01. The van der Waals surface area contributed by atoms with Crippen LogP contribution >= 0.6 is 0 Å². The Morgan fingerprint density at radius 3 is 2.43 bits per heavy atom. The van der Waals surface area contributed by atoms with Crippen molar-refractivity contribution in [3.8, 4) is 5.75 Å². The largest absolute Gasteiger partial charge is 0.494 e. The van der Waals surface area contributed by atoms with Gasteiger partial charge in [-0.25, -0.2) is 0 Å². The van der Waals surface area contributed by atoms with Gasteiger partial charge in [-0.05, 0) is 42.7 Å². The zero-order valence-corrected chi connectivity index (χ0v) is 13.1. The van der Waals surface area contributed by atoms with Crippen molar-refractivity contribution in [3.63, 3.8) is 0 Å². The Morgan fingerprint density at radius 1 is 0.952 bits per heavy atom. The first-order valence-corrected chi connectivity index (χ1v) is 7.81. The van der Waals surface area contributed by atoms with Gasteiger partial charge in [0.2, 0.25) is 0 Å². The normalized spacial score (nSPS) is 10.4. The molecule has 1 N–H and O–H groups in total. The molecule has 2 heteroatoms. The molecule has 0 atom stereocenters. The summed E-state index contributed by atoms with van der Waals surface area (Å²) in [6.45, 7) is 5.97. The molecule has 2 aromatic rings. The monoisotopic (exact) mass is 283 g/mol. The Hall–Kier alpha value is -1.96. The Labute approximate surface area is 128 Å². The van der Waals surface area contributed by atoms with Crippen molar-refractivity contribution in [1.82, 2.24) is 0 Å². The van der Waals surface area contributed by atoms with Crippen molar-refractivity contribution in [2.75, 3.05) is 11.9 Å². The minimum absolute atomic E-state index is 0.814. The predicted molar refractivity (Wildman–Crippen MR) is 90.0 cm³/mol. The highest BCUT2D eigenvalue weighted by Gasteiger charge is 1.98. The van der Waals surface area contributed by atoms with Crippen LogP contribution in [0.25, 0.3) is 0 Å². The van der Waals surface area contributed by atoms with Crippen LogP contribution in [0.3, 0.4) is 0 Å². The van der Waals surface area contributed by atoms with E-state index in [4.69, 9.17) is 4.74 Å². The van der Waals surface area contributed by atoms with Gasteiger partial charge in [-0.2, -0.15) is 0 Å². The van der Waals surface area contributed by atoms with Gasteiger partial charge in [0.05, 0.1) is 6.61 Å². The lowest BCUT2D eigenvalue weighted by molar-refractivity contribution is 0.306. The van der Waals surface area contributed by atoms with Crippen molar-refractivity contribution >= 4 is 5.69 Å². The van der Waals surface area contributed by atoms with E-state index < -0.39 is 0 Å². The first-order valence-electron chi connectivity index (χ1n) is 7.81. The van der Waals surface area contributed by atoms with Gasteiger partial charge in [-0.15, -0.1) is 0 Å². The van der Waals surface area contributed by atoms with Crippen LogP contribution in [0.1, 0.15) is 37.3 Å². The van der Waals surface area contributed by atoms with Crippen molar-refractivity contribution in [1.29, 1.82) is 0 Å². The number of nitrogens with one attached hydrogen (secondary N) is 1. The number of unbranched alkanes of at least 4 members (excludes halogenated alkanes) is 2. The zero-order valence-electron chi connectivity index (χ0n) is 13.1. The van der Waals surface area contributed by atoms with Gasteiger partial charge in [0.1, 0.15) is 5.75 Å². The second-order valence-electron chi connectivity index (χ2n) is 5.37. The number of hydrogen-bond donors (Lipinski definition) is 1. The third-order valence-corrected chi connectivity index (χ3v) is 3.57. The number of hydrogen-bond acceptors (Lipinski definition) is 2. The molecule has 21 heavy (non-hydrogen) atoms. The molecular formula is C19H25NO. The van der Waals surface area contributed by atoms with Crippen LogP contribution in [0, 0.1) is 6.92 Å². The van der Waals surface area contributed by atoms with Crippen LogP contribution in [0.5, 0.6) is 5.75 Å². The van der Waals surface area contributed by atoms with Gasteiger partial charge in [-0.3, -0.25) is 0 Å². The highest BCUT2D eigenvalue weighted by atomic mass is 16.5. The first kappa shape index (κ1) is 15.4. The number of ether oxygens (including phenoxy) is 1. The van der Waals surface area contributed by atoms with Gasteiger partial charge in [0.25, 0.3) is 0 Å². The van der Waals surface area contributed by atoms with Crippen molar-refractivity contribution in [3.05, 3.63) is 59.7 Å². The summed E-state index contributed by atoms with van der Waals surface area (Å²) >= 11 is 0. The van der Waals surface area contributed by atoms with Crippen LogP contribution in [0.15, 0.2) is 48.5 Å². The molecule has 0 bridgehead atoms. The molecule has 0 saturated carbocycles. The predicted octanol–water partition coefficient (Wildman–Crippen LogP) is 5.18. The fourth-order valence-electron chi connectivity index (χ4n) is 2.21. The van der Waals surface area contributed by atoms with Gasteiger partial charge in [-0.1, -0.05) is 50.1 Å². The van der Waals surface area contributed by atoms with Crippen molar-refractivity contribution < 1.29 is 4.74 Å². The van der Waals surface area contributed by atoms with E-state index in [1.165, 1.54) is 29.7 Å². The maximum atomic E-state index is 5.72. The maximum Gasteiger partial charge on any atom is 0.119 e. The number of anilines is 1. The van der Waals surface area contributed by atoms with Gasteiger partial charge < -0.3 is 10.1 Å². The summed E-state index contributed by atoms with van der Waals surface area (Å²) < 4.78 is 5.72. The summed E-state index contributed by atoms with van der Waals surface area (Å²) in [6, 6.07) is 16.7. The van der Waals surface area contributed by atoms with Crippen LogP contribution in [-0.2, 0) is 6.54 Å². The zero-order chi connectivity index (χ0) is 14.9. The van der Waals surface area contributed by atoms with Crippen LogP contribution in [0.2, 0.25) is 0 Å². The summed E-state index contributed by atoms with van der Waals surface area (Å²) in [5, 5.41) is 3.47. The molecule has 2 rings (SSSR count). The number of rotatable bonds is 8. The first-order chi connectivity index (χ1) is 10.3. The number of para-hydroxylation sites is 1. The molecule has 2 aromatic carbocycles. The molecule has 0 saturated heterocycles. The molecule has 0 unspecified atom stereocenters. The molecule has 2 nitrogen and oxygen atoms in total. The summed E-state index contributed by atoms with van der Waals surface area (Å²) in [4.78, 5) is 0. The fraction of sp³-hybridized carbons (Fsp3) is 0.368. The van der Waals surface area contributed by atoms with Crippen molar-refractivity contribution in [2.24, 2.45) is 0 Å². The average Bonchev–Trinajstić information content (AvgIpc) is 2.52. The Morgan fingerprint density at radius 2 is 1.71 bits per heavy atom. The van der Waals surface area contributed by atoms with E-state index in [9.17, 15) is 0 Å². The molecule has 0 heterocycles. The van der Waals surface area contributed by atoms with E-state index in [1.54, 1.807) is 0 Å². The molecule has 0 aliphatic carbocycles. The second kappa shape index (κ2) is 8.35. The SMILES string of the molecule is CCCCCOc1ccc(CNc2ccccc2C)cc1. The van der Waals surface area contributed by atoms with Crippen LogP contribution < -0.4 is 10.1 Å². The van der Waals surface area contributed by atoms with Gasteiger partial charge >= 0.3 is 0 Å². The smallest absolute Gasteiger partial charge is 0.119 e. The summed E-state index contributed by atoms with van der Waals surface area (Å²) in [5.41, 5.74) is 3.73. The van der Waals surface area contributed by atoms with E-state index in [1.807, 2.05) is 0 Å². The second-order valence-corrected chi connectivity index (χ2v) is 5.37. The highest BCUT2D eigenvalue weighted by molar-refractivity contribution is 5.50. The molecular weight excluding hydrogens is 258 g/mol. The number of benzene rings is 2. The standard InChI is InChI=1S/C19H25NO/c1-3-4-7-14-21-18-12-10-17(11-13-18)15-20-19-9-6-5-8-16(19)2/h5-6,8-13,20H,3-4,7,14-15H2,1-2H3. The van der Waals surface area contributed by atoms with Crippen LogP contribution in [0.4, 0.5) is 5.69 Å². The molecule has 0 spiro atoms. The topological polar surface area (TPSA) is 21.3 Å². The molecule has 112 valence electrons. The van der Waals surface area contributed by atoms with Gasteiger partial charge in [0.15, 0.2) is 0 Å². The summed E-state index contributed by atoms with van der Waals surface area (Å²) in [5.74, 6) is 0.964. The summed E-state index contributed by atoms with van der Waals surface area (Å²) in [7, 11) is 0. The molecule has 0 aliphatic rings. The van der Waals surface area contributed by atoms with E-state index in [0.717, 1.165) is 25.3 Å². The van der Waals surface area contributed by atoms with Crippen molar-refractivity contribution in [2.45, 2.75) is 39.7 Å². The van der Waals surface area contributed by atoms with E-state index in [2.05, 4.69) is 67.7 Å². The third kappa shape index (κ3) is 5.14. The molecule has 0 aromatic heterocycles. The molecule has 0 radical (unpaired) electrons.